The zero-order valence-corrected chi connectivity index (χ0v) is 11.4. The van der Waals surface area contributed by atoms with E-state index in [-0.39, 0.29) is 0 Å². The molecule has 0 amide bonds. The van der Waals surface area contributed by atoms with Crippen molar-refractivity contribution < 1.29 is 0 Å². The maximum Gasteiger partial charge on any atom is 0.0380 e. The fraction of sp³-hybridized carbons (Fsp3) is 0.538. The van der Waals surface area contributed by atoms with E-state index in [9.17, 15) is 0 Å². The minimum absolute atomic E-state index is 0.378. The summed E-state index contributed by atoms with van der Waals surface area (Å²) in [6.07, 6.45) is 0. The van der Waals surface area contributed by atoms with Gasteiger partial charge >= 0.3 is 0 Å². The molecule has 3 heteroatoms. The first-order chi connectivity index (χ1) is 7.54. The van der Waals surface area contributed by atoms with E-state index < -0.39 is 0 Å². The predicted octanol–water partition coefficient (Wildman–Crippen LogP) is 2.97. The Morgan fingerprint density at radius 1 is 1.19 bits per heavy atom. The Morgan fingerprint density at radius 2 is 1.75 bits per heavy atom. The molecular weight excluding hydrogens is 216 g/mol. The summed E-state index contributed by atoms with van der Waals surface area (Å²) in [7, 11) is 2.09. The van der Waals surface area contributed by atoms with E-state index in [0.29, 0.717) is 17.8 Å². The van der Waals surface area contributed by atoms with Crippen LogP contribution >= 0.6 is 11.8 Å². The molecule has 0 saturated carbocycles. The van der Waals surface area contributed by atoms with Crippen molar-refractivity contribution in [3.63, 3.8) is 0 Å². The Kier molecular flexibility index (Phi) is 5.16. The van der Waals surface area contributed by atoms with Crippen molar-refractivity contribution >= 4 is 17.4 Å². The summed E-state index contributed by atoms with van der Waals surface area (Å²) in [4.78, 5) is 3.54. The number of benzene rings is 1. The third-order valence-corrected chi connectivity index (χ3v) is 3.63. The van der Waals surface area contributed by atoms with Crippen LogP contribution in [0, 0.1) is 0 Å². The topological polar surface area (TPSA) is 29.3 Å². The smallest absolute Gasteiger partial charge is 0.0380 e. The summed E-state index contributed by atoms with van der Waals surface area (Å²) in [6, 6.07) is 9.07. The van der Waals surface area contributed by atoms with E-state index in [1.54, 1.807) is 0 Å². The number of hydrogen-bond donors (Lipinski definition) is 1. The molecule has 0 radical (unpaired) electrons. The number of likely N-dealkylation sites (N-methyl/N-ethyl adjacent to an activating group) is 1. The Hall–Kier alpha value is -0.670. The van der Waals surface area contributed by atoms with Crippen LogP contribution in [0.5, 0.6) is 0 Å². The zero-order valence-electron chi connectivity index (χ0n) is 10.6. The molecule has 2 nitrogen and oxygen atoms in total. The first-order valence-electron chi connectivity index (χ1n) is 5.74. The summed E-state index contributed by atoms with van der Waals surface area (Å²) in [5.41, 5.74) is 6.89. The molecule has 0 bridgehead atoms. The number of thioether (sulfide) groups is 1. The largest absolute Gasteiger partial charge is 0.371 e. The van der Waals surface area contributed by atoms with Gasteiger partial charge in [-0.25, -0.2) is 0 Å². The summed E-state index contributed by atoms with van der Waals surface area (Å²) in [6.45, 7) is 7.23. The molecule has 1 rings (SSSR count). The van der Waals surface area contributed by atoms with Crippen molar-refractivity contribution in [2.24, 2.45) is 5.73 Å². The van der Waals surface area contributed by atoms with Gasteiger partial charge in [0.1, 0.15) is 0 Å². The van der Waals surface area contributed by atoms with Crippen molar-refractivity contribution in [2.45, 2.75) is 37.0 Å². The molecule has 0 saturated heterocycles. The molecule has 1 aromatic rings. The molecule has 2 N–H and O–H groups in total. The molecule has 0 fully saturated rings. The van der Waals surface area contributed by atoms with E-state index in [2.05, 4.69) is 57.0 Å². The summed E-state index contributed by atoms with van der Waals surface area (Å²) in [5, 5.41) is 0.631. The molecule has 0 heterocycles. The molecule has 90 valence electrons. The second-order valence-electron chi connectivity index (χ2n) is 4.36. The molecule has 0 aliphatic rings. The van der Waals surface area contributed by atoms with Gasteiger partial charge in [0, 0.05) is 35.5 Å². The third-order valence-electron chi connectivity index (χ3n) is 2.62. The molecule has 1 aromatic carbocycles. The first-order valence-corrected chi connectivity index (χ1v) is 6.62. The van der Waals surface area contributed by atoms with Crippen molar-refractivity contribution in [3.05, 3.63) is 24.3 Å². The lowest BCUT2D eigenvalue weighted by Gasteiger charge is -2.26. The number of rotatable bonds is 5. The van der Waals surface area contributed by atoms with Crippen LogP contribution in [0.1, 0.15) is 20.8 Å². The minimum atomic E-state index is 0.378. The lowest BCUT2D eigenvalue weighted by atomic mass is 10.2. The van der Waals surface area contributed by atoms with Crippen molar-refractivity contribution in [2.75, 3.05) is 18.5 Å². The quantitative estimate of drug-likeness (QED) is 0.800. The van der Waals surface area contributed by atoms with Crippen LogP contribution in [0.15, 0.2) is 29.2 Å². The molecule has 0 aliphatic heterocycles. The van der Waals surface area contributed by atoms with Gasteiger partial charge in [0.2, 0.25) is 0 Å². The lowest BCUT2D eigenvalue weighted by molar-refractivity contribution is 0.695. The Labute approximate surface area is 103 Å². The van der Waals surface area contributed by atoms with Crippen LogP contribution in [-0.4, -0.2) is 24.9 Å². The van der Waals surface area contributed by atoms with Gasteiger partial charge in [-0.3, -0.25) is 0 Å². The average Bonchev–Trinajstić information content (AvgIpc) is 2.27. The third kappa shape index (κ3) is 3.72. The molecule has 1 unspecified atom stereocenters. The van der Waals surface area contributed by atoms with Crippen molar-refractivity contribution in [3.8, 4) is 0 Å². The fourth-order valence-corrected chi connectivity index (χ4v) is 2.28. The maximum atomic E-state index is 5.66. The van der Waals surface area contributed by atoms with Crippen LogP contribution in [0.2, 0.25) is 0 Å². The van der Waals surface area contributed by atoms with Gasteiger partial charge in [-0.1, -0.05) is 13.8 Å². The van der Waals surface area contributed by atoms with Gasteiger partial charge in [0.25, 0.3) is 0 Å². The minimum Gasteiger partial charge on any atom is -0.371 e. The van der Waals surface area contributed by atoms with Gasteiger partial charge in [0.05, 0.1) is 0 Å². The predicted molar refractivity (Wildman–Crippen MR) is 74.4 cm³/mol. The van der Waals surface area contributed by atoms with Gasteiger partial charge in [-0.05, 0) is 31.2 Å². The van der Waals surface area contributed by atoms with Crippen molar-refractivity contribution in [1.29, 1.82) is 0 Å². The second kappa shape index (κ2) is 6.16. The van der Waals surface area contributed by atoms with Gasteiger partial charge in [-0.2, -0.15) is 0 Å². The summed E-state index contributed by atoms with van der Waals surface area (Å²) < 4.78 is 0. The average molecular weight is 238 g/mol. The van der Waals surface area contributed by atoms with E-state index in [1.165, 1.54) is 10.6 Å². The Bertz CT molecular complexity index is 308. The molecule has 16 heavy (non-hydrogen) atoms. The number of anilines is 1. The van der Waals surface area contributed by atoms with E-state index in [4.69, 9.17) is 5.73 Å². The lowest BCUT2D eigenvalue weighted by Crippen LogP contribution is -2.35. The van der Waals surface area contributed by atoms with E-state index >= 15 is 0 Å². The van der Waals surface area contributed by atoms with Crippen LogP contribution in [0.3, 0.4) is 0 Å². The molecule has 1 atom stereocenters. The van der Waals surface area contributed by atoms with Gasteiger partial charge in [-0.15, -0.1) is 11.8 Å². The normalized spacial score (nSPS) is 12.9. The SMILES string of the molecule is CC(C)Sc1ccc(N(C)C(C)CN)cc1. The standard InChI is InChI=1S/C13H22N2S/c1-10(2)16-13-7-5-12(6-8-13)15(4)11(3)9-14/h5-8,10-11H,9,14H2,1-4H3. The summed E-state index contributed by atoms with van der Waals surface area (Å²) in [5.74, 6) is 0. The molecular formula is C13H22N2S. The zero-order chi connectivity index (χ0) is 12.1. The number of nitrogens with zero attached hydrogens (tertiary/aromatic N) is 1. The number of hydrogen-bond acceptors (Lipinski definition) is 3. The fourth-order valence-electron chi connectivity index (χ4n) is 1.44. The number of nitrogens with two attached hydrogens (primary N) is 1. The van der Waals surface area contributed by atoms with Crippen LogP contribution < -0.4 is 10.6 Å². The van der Waals surface area contributed by atoms with Crippen LogP contribution in [0.4, 0.5) is 5.69 Å². The van der Waals surface area contributed by atoms with Crippen LogP contribution in [-0.2, 0) is 0 Å². The highest BCUT2D eigenvalue weighted by Gasteiger charge is 2.07. The Balaban J connectivity index is 2.70. The van der Waals surface area contributed by atoms with Gasteiger partial charge in [0.15, 0.2) is 0 Å². The summed E-state index contributed by atoms with van der Waals surface area (Å²) >= 11 is 1.89. The maximum absolute atomic E-state index is 5.66. The van der Waals surface area contributed by atoms with E-state index in [1.807, 2.05) is 11.8 Å². The first kappa shape index (κ1) is 13.4. The van der Waals surface area contributed by atoms with Crippen molar-refractivity contribution in [1.82, 2.24) is 0 Å². The van der Waals surface area contributed by atoms with Crippen LogP contribution in [0.25, 0.3) is 0 Å². The highest BCUT2D eigenvalue weighted by atomic mass is 32.2. The Morgan fingerprint density at radius 3 is 2.19 bits per heavy atom. The highest BCUT2D eigenvalue weighted by molar-refractivity contribution is 7.99. The van der Waals surface area contributed by atoms with E-state index in [0.717, 1.165) is 0 Å². The molecule has 0 spiro atoms. The second-order valence-corrected chi connectivity index (χ2v) is 6.01. The van der Waals surface area contributed by atoms with Gasteiger partial charge < -0.3 is 10.6 Å². The molecule has 0 aliphatic carbocycles. The highest BCUT2D eigenvalue weighted by Crippen LogP contribution is 2.25. The monoisotopic (exact) mass is 238 g/mol. The molecule has 0 aromatic heterocycles.